The fraction of sp³-hybridized carbons (Fsp3) is 1.00. The molecule has 23 heavy (non-hydrogen) atoms. The molecule has 2 saturated heterocycles. The van der Waals surface area contributed by atoms with E-state index >= 15 is 0 Å². The summed E-state index contributed by atoms with van der Waals surface area (Å²) in [6.45, 7) is 11.5. The zero-order valence-corrected chi connectivity index (χ0v) is 15.8. The van der Waals surface area contributed by atoms with Crippen molar-refractivity contribution in [2.45, 2.75) is 103 Å². The van der Waals surface area contributed by atoms with Crippen molar-refractivity contribution < 1.29 is 0 Å². The maximum absolute atomic E-state index is 2.87. The van der Waals surface area contributed by atoms with Crippen LogP contribution >= 0.6 is 0 Å². The van der Waals surface area contributed by atoms with Crippen LogP contribution in [0.3, 0.4) is 0 Å². The summed E-state index contributed by atoms with van der Waals surface area (Å²) in [6, 6.07) is 2.40. The lowest BCUT2D eigenvalue weighted by atomic mass is 9.67. The van der Waals surface area contributed by atoms with E-state index in [4.69, 9.17) is 0 Å². The van der Waals surface area contributed by atoms with Crippen molar-refractivity contribution in [1.82, 2.24) is 9.80 Å². The van der Waals surface area contributed by atoms with Gasteiger partial charge in [0.2, 0.25) is 0 Å². The standard InChI is InChI=1S/C21H38N2/c1-17(2)23-16-21(10-6-7-11-21)19(23)14-18(3)22-13-12-20(15-22)8-4-5-9-20/h17-19H,4-16H2,1-3H3. The van der Waals surface area contributed by atoms with Crippen molar-refractivity contribution in [3.05, 3.63) is 0 Å². The molecule has 2 unspecified atom stereocenters. The average molecular weight is 319 g/mol. The minimum Gasteiger partial charge on any atom is -0.300 e. The topological polar surface area (TPSA) is 6.48 Å². The minimum atomic E-state index is 0.712. The first-order valence-electron chi connectivity index (χ1n) is 10.5. The fourth-order valence-electron chi connectivity index (χ4n) is 6.67. The van der Waals surface area contributed by atoms with Crippen LogP contribution < -0.4 is 0 Å². The molecule has 4 rings (SSSR count). The Balaban J connectivity index is 1.39. The van der Waals surface area contributed by atoms with E-state index in [1.165, 1.54) is 83.8 Å². The van der Waals surface area contributed by atoms with Crippen molar-refractivity contribution in [2.75, 3.05) is 19.6 Å². The van der Waals surface area contributed by atoms with E-state index in [1.807, 2.05) is 0 Å². The van der Waals surface area contributed by atoms with E-state index < -0.39 is 0 Å². The van der Waals surface area contributed by atoms with Gasteiger partial charge in [0.25, 0.3) is 0 Å². The largest absolute Gasteiger partial charge is 0.300 e. The summed E-state index contributed by atoms with van der Waals surface area (Å²) in [4.78, 5) is 5.69. The highest BCUT2D eigenvalue weighted by atomic mass is 15.3. The van der Waals surface area contributed by atoms with Crippen molar-refractivity contribution in [2.24, 2.45) is 10.8 Å². The summed E-state index contributed by atoms with van der Waals surface area (Å²) in [5, 5.41) is 0. The van der Waals surface area contributed by atoms with Gasteiger partial charge in [-0.1, -0.05) is 25.7 Å². The van der Waals surface area contributed by atoms with Gasteiger partial charge in [0.05, 0.1) is 0 Å². The lowest BCUT2D eigenvalue weighted by molar-refractivity contribution is -0.101. The Bertz CT molecular complexity index is 418. The zero-order chi connectivity index (χ0) is 16.1. The molecule has 4 fully saturated rings. The van der Waals surface area contributed by atoms with E-state index in [-0.39, 0.29) is 0 Å². The lowest BCUT2D eigenvalue weighted by Gasteiger charge is -2.59. The molecule has 0 aromatic heterocycles. The number of nitrogens with zero attached hydrogens (tertiary/aromatic N) is 2. The summed E-state index contributed by atoms with van der Waals surface area (Å²) in [5.41, 5.74) is 1.44. The quantitative estimate of drug-likeness (QED) is 0.742. The molecule has 2 heteroatoms. The third-order valence-electron chi connectivity index (χ3n) is 8.19. The van der Waals surface area contributed by atoms with E-state index in [2.05, 4.69) is 30.6 Å². The molecular formula is C21H38N2. The molecule has 0 aromatic rings. The van der Waals surface area contributed by atoms with Crippen molar-refractivity contribution in [1.29, 1.82) is 0 Å². The lowest BCUT2D eigenvalue weighted by Crippen LogP contribution is -2.66. The second-order valence-corrected chi connectivity index (χ2v) is 9.86. The number of hydrogen-bond donors (Lipinski definition) is 0. The Morgan fingerprint density at radius 2 is 1.52 bits per heavy atom. The number of hydrogen-bond acceptors (Lipinski definition) is 2. The van der Waals surface area contributed by atoms with Gasteiger partial charge in [-0.2, -0.15) is 0 Å². The van der Waals surface area contributed by atoms with Crippen molar-refractivity contribution in [3.8, 4) is 0 Å². The Hall–Kier alpha value is -0.0800. The molecule has 0 radical (unpaired) electrons. The molecule has 2 heterocycles. The molecule has 0 N–H and O–H groups in total. The van der Waals surface area contributed by atoms with E-state index in [0.717, 1.165) is 23.5 Å². The maximum atomic E-state index is 2.87. The first kappa shape index (κ1) is 16.4. The summed E-state index contributed by atoms with van der Waals surface area (Å²) < 4.78 is 0. The monoisotopic (exact) mass is 318 g/mol. The highest BCUT2D eigenvalue weighted by Crippen LogP contribution is 2.53. The van der Waals surface area contributed by atoms with Crippen LogP contribution in [0.1, 0.15) is 85.0 Å². The van der Waals surface area contributed by atoms with Crippen molar-refractivity contribution in [3.63, 3.8) is 0 Å². The first-order valence-corrected chi connectivity index (χ1v) is 10.5. The summed E-state index contributed by atoms with van der Waals surface area (Å²) in [6.07, 6.45) is 14.9. The molecule has 4 aliphatic rings. The van der Waals surface area contributed by atoms with Gasteiger partial charge in [0.15, 0.2) is 0 Å². The summed E-state index contributed by atoms with van der Waals surface area (Å²) >= 11 is 0. The van der Waals surface area contributed by atoms with Crippen LogP contribution in [0.25, 0.3) is 0 Å². The molecular weight excluding hydrogens is 280 g/mol. The number of likely N-dealkylation sites (tertiary alicyclic amines) is 2. The van der Waals surface area contributed by atoms with Crippen LogP contribution in [0.2, 0.25) is 0 Å². The molecule has 2 spiro atoms. The van der Waals surface area contributed by atoms with Crippen LogP contribution in [0, 0.1) is 10.8 Å². The molecule has 0 amide bonds. The minimum absolute atomic E-state index is 0.712. The SMILES string of the molecule is CC(CC1N(C(C)C)CC12CCCC2)N1CCC2(CCCC2)C1. The van der Waals surface area contributed by atoms with Gasteiger partial charge in [-0.15, -0.1) is 0 Å². The van der Waals surface area contributed by atoms with Gasteiger partial charge >= 0.3 is 0 Å². The Kier molecular flexibility index (Phi) is 4.29. The van der Waals surface area contributed by atoms with Crippen LogP contribution in [0.5, 0.6) is 0 Å². The zero-order valence-electron chi connectivity index (χ0n) is 15.8. The molecule has 0 aromatic carbocycles. The van der Waals surface area contributed by atoms with Gasteiger partial charge in [0, 0.05) is 31.2 Å². The Morgan fingerprint density at radius 1 is 0.870 bits per heavy atom. The van der Waals surface area contributed by atoms with Crippen molar-refractivity contribution >= 4 is 0 Å². The number of rotatable bonds is 4. The van der Waals surface area contributed by atoms with Gasteiger partial charge in [-0.25, -0.2) is 0 Å². The maximum Gasteiger partial charge on any atom is 0.0182 e. The Morgan fingerprint density at radius 3 is 2.17 bits per heavy atom. The normalized spacial score (nSPS) is 34.7. The van der Waals surface area contributed by atoms with Crippen LogP contribution in [0.15, 0.2) is 0 Å². The van der Waals surface area contributed by atoms with Crippen LogP contribution in [-0.4, -0.2) is 47.6 Å². The van der Waals surface area contributed by atoms with Crippen LogP contribution in [0.4, 0.5) is 0 Å². The summed E-state index contributed by atoms with van der Waals surface area (Å²) in [5.74, 6) is 0. The smallest absolute Gasteiger partial charge is 0.0182 e. The molecule has 2 aliphatic heterocycles. The van der Waals surface area contributed by atoms with Gasteiger partial charge < -0.3 is 4.90 Å². The molecule has 2 saturated carbocycles. The van der Waals surface area contributed by atoms with E-state index in [9.17, 15) is 0 Å². The van der Waals surface area contributed by atoms with E-state index in [1.54, 1.807) is 0 Å². The third kappa shape index (κ3) is 2.78. The highest BCUT2D eigenvalue weighted by molar-refractivity contribution is 5.08. The fourth-order valence-corrected chi connectivity index (χ4v) is 6.67. The van der Waals surface area contributed by atoms with Gasteiger partial charge in [-0.3, -0.25) is 4.90 Å². The van der Waals surface area contributed by atoms with E-state index in [0.29, 0.717) is 5.41 Å². The molecule has 2 atom stereocenters. The Labute approximate surface area is 144 Å². The average Bonchev–Trinajstić information content (AvgIpc) is 3.25. The van der Waals surface area contributed by atoms with Crippen LogP contribution in [-0.2, 0) is 0 Å². The molecule has 2 nitrogen and oxygen atoms in total. The second kappa shape index (κ2) is 6.02. The molecule has 132 valence electrons. The summed E-state index contributed by atoms with van der Waals surface area (Å²) in [7, 11) is 0. The molecule has 0 bridgehead atoms. The highest BCUT2D eigenvalue weighted by Gasteiger charge is 2.54. The predicted molar refractivity (Wildman–Crippen MR) is 97.7 cm³/mol. The first-order chi connectivity index (χ1) is 11.0. The molecule has 2 aliphatic carbocycles. The third-order valence-corrected chi connectivity index (χ3v) is 8.19. The second-order valence-electron chi connectivity index (χ2n) is 9.86. The van der Waals surface area contributed by atoms with Gasteiger partial charge in [-0.05, 0) is 76.7 Å². The van der Waals surface area contributed by atoms with Gasteiger partial charge in [0.1, 0.15) is 0 Å². The predicted octanol–water partition coefficient (Wildman–Crippen LogP) is 4.68.